The molecule has 1 N–H and O–H groups in total. The Kier molecular flexibility index (Phi) is 6.28. The number of rotatable bonds is 7. The minimum atomic E-state index is 0.466. The van der Waals surface area contributed by atoms with E-state index in [2.05, 4.69) is 50.0 Å². The molecule has 0 spiro atoms. The van der Waals surface area contributed by atoms with Crippen molar-refractivity contribution in [3.05, 3.63) is 18.0 Å². The molecule has 2 atom stereocenters. The van der Waals surface area contributed by atoms with Gasteiger partial charge in [0.15, 0.2) is 0 Å². The lowest BCUT2D eigenvalue weighted by Gasteiger charge is -2.31. The first-order chi connectivity index (χ1) is 10.1. The molecule has 0 amide bonds. The molecule has 1 saturated carbocycles. The average Bonchev–Trinajstić information content (AvgIpc) is 2.89. The molecule has 3 nitrogen and oxygen atoms in total. The second-order valence-corrected chi connectivity index (χ2v) is 7.44. The van der Waals surface area contributed by atoms with Crippen LogP contribution in [-0.4, -0.2) is 22.9 Å². The van der Waals surface area contributed by atoms with Crippen LogP contribution in [0.15, 0.2) is 12.3 Å². The predicted molar refractivity (Wildman–Crippen MR) is 89.5 cm³/mol. The van der Waals surface area contributed by atoms with Crippen LogP contribution in [0.3, 0.4) is 0 Å². The zero-order valence-electron chi connectivity index (χ0n) is 14.3. The van der Waals surface area contributed by atoms with Gasteiger partial charge in [-0.2, -0.15) is 5.10 Å². The van der Waals surface area contributed by atoms with Gasteiger partial charge in [0.05, 0.1) is 5.69 Å². The first kappa shape index (κ1) is 16.5. The van der Waals surface area contributed by atoms with Gasteiger partial charge in [0.1, 0.15) is 0 Å². The van der Waals surface area contributed by atoms with E-state index < -0.39 is 0 Å². The average molecular weight is 291 g/mol. The molecule has 120 valence electrons. The van der Waals surface area contributed by atoms with Crippen LogP contribution in [-0.2, 0) is 6.42 Å². The van der Waals surface area contributed by atoms with Crippen molar-refractivity contribution < 1.29 is 0 Å². The fourth-order valence-electron chi connectivity index (χ4n) is 3.42. The van der Waals surface area contributed by atoms with E-state index in [1.807, 2.05) is 0 Å². The standard InChI is InChI=1S/C18H33N3/c1-14(2)12-19-13-17-8-6-5-7-16(17)11-18-9-10-21(20-18)15(3)4/h9-10,14-17,19H,5-8,11-13H2,1-4H3. The zero-order chi connectivity index (χ0) is 15.2. The van der Waals surface area contributed by atoms with E-state index in [1.54, 1.807) is 0 Å². The van der Waals surface area contributed by atoms with E-state index in [0.29, 0.717) is 6.04 Å². The molecule has 1 fully saturated rings. The first-order valence-electron chi connectivity index (χ1n) is 8.81. The Bertz CT molecular complexity index is 408. The Morgan fingerprint density at radius 3 is 2.52 bits per heavy atom. The lowest BCUT2D eigenvalue weighted by Crippen LogP contribution is -2.33. The van der Waals surface area contributed by atoms with Crippen molar-refractivity contribution in [1.29, 1.82) is 0 Å². The van der Waals surface area contributed by atoms with Gasteiger partial charge in [-0.3, -0.25) is 4.68 Å². The lowest BCUT2D eigenvalue weighted by molar-refractivity contribution is 0.225. The Balaban J connectivity index is 1.88. The number of nitrogens with zero attached hydrogens (tertiary/aromatic N) is 2. The van der Waals surface area contributed by atoms with Crippen LogP contribution < -0.4 is 5.32 Å². The van der Waals surface area contributed by atoms with Gasteiger partial charge in [0.2, 0.25) is 0 Å². The smallest absolute Gasteiger partial charge is 0.0627 e. The highest BCUT2D eigenvalue weighted by atomic mass is 15.3. The molecule has 1 aromatic rings. The summed E-state index contributed by atoms with van der Waals surface area (Å²) in [6.07, 6.45) is 8.87. The van der Waals surface area contributed by atoms with Crippen molar-refractivity contribution in [3.63, 3.8) is 0 Å². The van der Waals surface area contributed by atoms with Crippen LogP contribution in [0.25, 0.3) is 0 Å². The third-order valence-electron chi connectivity index (χ3n) is 4.69. The van der Waals surface area contributed by atoms with Gasteiger partial charge < -0.3 is 5.32 Å². The first-order valence-corrected chi connectivity index (χ1v) is 8.81. The largest absolute Gasteiger partial charge is 0.316 e. The minimum absolute atomic E-state index is 0.466. The molecule has 3 heteroatoms. The zero-order valence-corrected chi connectivity index (χ0v) is 14.3. The van der Waals surface area contributed by atoms with Crippen molar-refractivity contribution >= 4 is 0 Å². The highest BCUT2D eigenvalue weighted by Crippen LogP contribution is 2.32. The summed E-state index contributed by atoms with van der Waals surface area (Å²) in [7, 11) is 0. The maximum atomic E-state index is 4.74. The van der Waals surface area contributed by atoms with Crippen LogP contribution >= 0.6 is 0 Å². The van der Waals surface area contributed by atoms with Crippen LogP contribution in [0.2, 0.25) is 0 Å². The summed E-state index contributed by atoms with van der Waals surface area (Å²) in [6, 6.07) is 2.68. The molecule has 0 bridgehead atoms. The molecule has 21 heavy (non-hydrogen) atoms. The van der Waals surface area contributed by atoms with Gasteiger partial charge in [0.25, 0.3) is 0 Å². The van der Waals surface area contributed by atoms with Gasteiger partial charge >= 0.3 is 0 Å². The summed E-state index contributed by atoms with van der Waals surface area (Å²) in [5.41, 5.74) is 1.28. The Morgan fingerprint density at radius 2 is 1.90 bits per heavy atom. The third-order valence-corrected chi connectivity index (χ3v) is 4.69. The molecule has 2 rings (SSSR count). The van der Waals surface area contributed by atoms with Crippen LogP contribution in [0.1, 0.15) is 65.1 Å². The number of nitrogens with one attached hydrogen (secondary N) is 1. The quantitative estimate of drug-likeness (QED) is 0.821. The van der Waals surface area contributed by atoms with E-state index in [1.165, 1.54) is 37.9 Å². The summed E-state index contributed by atoms with van der Waals surface area (Å²) in [6.45, 7) is 11.3. The maximum Gasteiger partial charge on any atom is 0.0627 e. The molecule has 0 aromatic carbocycles. The SMILES string of the molecule is CC(C)CNCC1CCCCC1Cc1ccn(C(C)C)n1. The molecule has 0 aliphatic heterocycles. The van der Waals surface area contributed by atoms with E-state index in [9.17, 15) is 0 Å². The molecule has 1 heterocycles. The van der Waals surface area contributed by atoms with Gasteiger partial charge in [-0.15, -0.1) is 0 Å². The second-order valence-electron chi connectivity index (χ2n) is 7.44. The van der Waals surface area contributed by atoms with Crippen molar-refractivity contribution in [1.82, 2.24) is 15.1 Å². The summed E-state index contributed by atoms with van der Waals surface area (Å²) < 4.78 is 2.09. The van der Waals surface area contributed by atoms with E-state index >= 15 is 0 Å². The summed E-state index contributed by atoms with van der Waals surface area (Å²) in [4.78, 5) is 0. The minimum Gasteiger partial charge on any atom is -0.316 e. The summed E-state index contributed by atoms with van der Waals surface area (Å²) in [5.74, 6) is 2.39. The predicted octanol–water partition coefficient (Wildman–Crippen LogP) is 4.06. The summed E-state index contributed by atoms with van der Waals surface area (Å²) >= 11 is 0. The number of hydrogen-bond acceptors (Lipinski definition) is 2. The lowest BCUT2D eigenvalue weighted by atomic mass is 9.77. The van der Waals surface area contributed by atoms with Gasteiger partial charge in [-0.1, -0.05) is 26.7 Å². The van der Waals surface area contributed by atoms with Crippen LogP contribution in [0, 0.1) is 17.8 Å². The van der Waals surface area contributed by atoms with Crippen molar-refractivity contribution in [2.45, 2.75) is 65.8 Å². The molecule has 1 aliphatic rings. The van der Waals surface area contributed by atoms with Gasteiger partial charge in [0, 0.05) is 12.2 Å². The van der Waals surface area contributed by atoms with Crippen LogP contribution in [0.5, 0.6) is 0 Å². The molecule has 0 radical (unpaired) electrons. The van der Waals surface area contributed by atoms with E-state index in [0.717, 1.165) is 30.7 Å². The molecular weight excluding hydrogens is 258 g/mol. The highest BCUT2D eigenvalue weighted by Gasteiger charge is 2.25. The Hall–Kier alpha value is -0.830. The van der Waals surface area contributed by atoms with Crippen molar-refractivity contribution in [2.75, 3.05) is 13.1 Å². The fourth-order valence-corrected chi connectivity index (χ4v) is 3.42. The topological polar surface area (TPSA) is 29.9 Å². The molecular formula is C18H33N3. The fraction of sp³-hybridized carbons (Fsp3) is 0.833. The normalized spacial score (nSPS) is 23.1. The monoisotopic (exact) mass is 291 g/mol. The number of aromatic nitrogens is 2. The maximum absolute atomic E-state index is 4.74. The van der Waals surface area contributed by atoms with Crippen molar-refractivity contribution in [2.24, 2.45) is 17.8 Å². The van der Waals surface area contributed by atoms with E-state index in [-0.39, 0.29) is 0 Å². The van der Waals surface area contributed by atoms with Crippen molar-refractivity contribution in [3.8, 4) is 0 Å². The summed E-state index contributed by atoms with van der Waals surface area (Å²) in [5, 5.41) is 8.41. The van der Waals surface area contributed by atoms with Gasteiger partial charge in [-0.05, 0) is 70.0 Å². The number of hydrogen-bond donors (Lipinski definition) is 1. The molecule has 1 aliphatic carbocycles. The Morgan fingerprint density at radius 1 is 1.19 bits per heavy atom. The molecule has 0 saturated heterocycles. The van der Waals surface area contributed by atoms with E-state index in [4.69, 9.17) is 5.10 Å². The second kappa shape index (κ2) is 7.98. The Labute approximate surface area is 130 Å². The van der Waals surface area contributed by atoms with Crippen LogP contribution in [0.4, 0.5) is 0 Å². The molecule has 1 aromatic heterocycles. The molecule has 2 unspecified atom stereocenters. The highest BCUT2D eigenvalue weighted by molar-refractivity contribution is 5.02. The van der Waals surface area contributed by atoms with Gasteiger partial charge in [-0.25, -0.2) is 0 Å². The third kappa shape index (κ3) is 5.14.